The molecule has 0 radical (unpaired) electrons. The summed E-state index contributed by atoms with van der Waals surface area (Å²) in [5.74, 6) is -0.792. The number of para-hydroxylation sites is 1. The summed E-state index contributed by atoms with van der Waals surface area (Å²) in [6.45, 7) is 0.760. The average Bonchev–Trinajstić information content (AvgIpc) is 2.97. The Morgan fingerprint density at radius 2 is 2.13 bits per heavy atom. The van der Waals surface area contributed by atoms with Gasteiger partial charge in [-0.2, -0.15) is 5.10 Å². The van der Waals surface area contributed by atoms with Crippen molar-refractivity contribution in [2.75, 3.05) is 11.4 Å². The molecule has 1 aliphatic heterocycles. The van der Waals surface area contributed by atoms with Gasteiger partial charge in [0, 0.05) is 31.4 Å². The number of amides is 2. The van der Waals surface area contributed by atoms with Gasteiger partial charge >= 0.3 is 0 Å². The highest BCUT2D eigenvalue weighted by atomic mass is 35.5. The van der Waals surface area contributed by atoms with Crippen molar-refractivity contribution in [1.29, 1.82) is 0 Å². The summed E-state index contributed by atoms with van der Waals surface area (Å²) in [7, 11) is 0. The summed E-state index contributed by atoms with van der Waals surface area (Å²) < 4.78 is 1.63. The Kier molecular flexibility index (Phi) is 4.34. The predicted octanol–water partition coefficient (Wildman–Crippen LogP) is 1.62. The van der Waals surface area contributed by atoms with Gasteiger partial charge in [0.2, 0.25) is 11.8 Å². The molecule has 6 nitrogen and oxygen atoms in total. The van der Waals surface area contributed by atoms with E-state index in [1.54, 1.807) is 15.8 Å². The third-order valence-electron chi connectivity index (χ3n) is 4.01. The van der Waals surface area contributed by atoms with Crippen LogP contribution in [-0.2, 0) is 22.6 Å². The van der Waals surface area contributed by atoms with E-state index in [4.69, 9.17) is 17.3 Å². The van der Waals surface area contributed by atoms with Crippen LogP contribution in [0.1, 0.15) is 12.0 Å². The van der Waals surface area contributed by atoms with Crippen LogP contribution >= 0.6 is 11.6 Å². The topological polar surface area (TPSA) is 81.2 Å². The van der Waals surface area contributed by atoms with Crippen molar-refractivity contribution in [3.8, 4) is 0 Å². The first-order valence-electron chi connectivity index (χ1n) is 7.40. The lowest BCUT2D eigenvalue weighted by molar-refractivity contribution is -0.122. The third-order valence-corrected chi connectivity index (χ3v) is 4.21. The van der Waals surface area contributed by atoms with E-state index in [-0.39, 0.29) is 24.2 Å². The van der Waals surface area contributed by atoms with E-state index in [2.05, 4.69) is 5.10 Å². The van der Waals surface area contributed by atoms with Crippen molar-refractivity contribution < 1.29 is 9.59 Å². The fraction of sp³-hybridized carbons (Fsp3) is 0.312. The fourth-order valence-electron chi connectivity index (χ4n) is 2.83. The number of halogens is 1. The number of hydrogen-bond donors (Lipinski definition) is 1. The van der Waals surface area contributed by atoms with Crippen molar-refractivity contribution >= 4 is 29.1 Å². The SMILES string of the molecule is NC(=O)C1Cc2ccccc2N(C(=O)CCn2cc(Cl)cn2)C1. The molecule has 1 aliphatic rings. The van der Waals surface area contributed by atoms with Gasteiger partial charge < -0.3 is 10.6 Å². The third kappa shape index (κ3) is 3.37. The highest BCUT2D eigenvalue weighted by molar-refractivity contribution is 6.30. The number of rotatable bonds is 4. The van der Waals surface area contributed by atoms with Gasteiger partial charge in [-0.05, 0) is 18.1 Å². The number of carbonyl (C=O) groups excluding carboxylic acids is 2. The van der Waals surface area contributed by atoms with Crippen LogP contribution in [0.15, 0.2) is 36.7 Å². The van der Waals surface area contributed by atoms with E-state index in [0.717, 1.165) is 11.3 Å². The van der Waals surface area contributed by atoms with E-state index in [9.17, 15) is 9.59 Å². The number of hydrogen-bond acceptors (Lipinski definition) is 3. The number of aryl methyl sites for hydroxylation is 1. The second kappa shape index (κ2) is 6.42. The van der Waals surface area contributed by atoms with Crippen LogP contribution in [-0.4, -0.2) is 28.1 Å². The minimum Gasteiger partial charge on any atom is -0.369 e. The molecule has 7 heteroatoms. The molecule has 0 saturated carbocycles. The molecule has 2 heterocycles. The standard InChI is InChI=1S/C16H17ClN4O2/c17-13-8-19-20(10-13)6-5-15(22)21-9-12(16(18)23)7-11-3-1-2-4-14(11)21/h1-4,8,10,12H,5-7,9H2,(H2,18,23). The summed E-state index contributed by atoms with van der Waals surface area (Å²) in [4.78, 5) is 25.8. The predicted molar refractivity (Wildman–Crippen MR) is 87.0 cm³/mol. The molecule has 0 saturated heterocycles. The molecule has 0 bridgehead atoms. The second-order valence-electron chi connectivity index (χ2n) is 5.61. The number of nitrogens with two attached hydrogens (primary N) is 1. The van der Waals surface area contributed by atoms with Gasteiger partial charge in [0.25, 0.3) is 0 Å². The first-order valence-corrected chi connectivity index (χ1v) is 7.78. The molecule has 120 valence electrons. The van der Waals surface area contributed by atoms with E-state index < -0.39 is 0 Å². The lowest BCUT2D eigenvalue weighted by Gasteiger charge is -2.33. The molecule has 2 N–H and O–H groups in total. The number of primary amides is 1. The molecule has 1 unspecified atom stereocenters. The molecule has 0 aliphatic carbocycles. The Morgan fingerprint density at radius 1 is 1.35 bits per heavy atom. The van der Waals surface area contributed by atoms with Crippen LogP contribution in [0, 0.1) is 5.92 Å². The highest BCUT2D eigenvalue weighted by Crippen LogP contribution is 2.30. The minimum atomic E-state index is -0.379. The van der Waals surface area contributed by atoms with Crippen molar-refractivity contribution in [2.24, 2.45) is 11.7 Å². The first-order chi connectivity index (χ1) is 11.0. The molecule has 2 amide bonds. The largest absolute Gasteiger partial charge is 0.369 e. The number of anilines is 1. The Bertz CT molecular complexity index is 743. The Hall–Kier alpha value is -2.34. The zero-order chi connectivity index (χ0) is 16.4. The molecule has 3 rings (SSSR count). The van der Waals surface area contributed by atoms with Crippen LogP contribution in [0.3, 0.4) is 0 Å². The summed E-state index contributed by atoms with van der Waals surface area (Å²) in [5.41, 5.74) is 7.27. The van der Waals surface area contributed by atoms with Crippen LogP contribution in [0.4, 0.5) is 5.69 Å². The minimum absolute atomic E-state index is 0.0602. The molecular formula is C16H17ClN4O2. The van der Waals surface area contributed by atoms with Gasteiger partial charge in [-0.1, -0.05) is 29.8 Å². The Labute approximate surface area is 138 Å². The zero-order valence-electron chi connectivity index (χ0n) is 12.5. The van der Waals surface area contributed by atoms with Gasteiger partial charge in [0.1, 0.15) is 0 Å². The van der Waals surface area contributed by atoms with Crippen LogP contribution < -0.4 is 10.6 Å². The maximum atomic E-state index is 12.6. The number of aromatic nitrogens is 2. The van der Waals surface area contributed by atoms with Crippen molar-refractivity contribution in [3.05, 3.63) is 47.2 Å². The summed E-state index contributed by atoms with van der Waals surface area (Å²) in [6.07, 6.45) is 4.05. The number of nitrogens with zero attached hydrogens (tertiary/aromatic N) is 3. The zero-order valence-corrected chi connectivity index (χ0v) is 13.2. The highest BCUT2D eigenvalue weighted by Gasteiger charge is 2.30. The summed E-state index contributed by atoms with van der Waals surface area (Å²) in [5, 5.41) is 4.60. The van der Waals surface area contributed by atoms with Gasteiger partial charge in [0.15, 0.2) is 0 Å². The molecule has 1 atom stereocenters. The van der Waals surface area contributed by atoms with E-state index in [1.165, 1.54) is 6.20 Å². The maximum Gasteiger partial charge on any atom is 0.228 e. The van der Waals surface area contributed by atoms with E-state index in [1.807, 2.05) is 24.3 Å². The van der Waals surface area contributed by atoms with Crippen molar-refractivity contribution in [3.63, 3.8) is 0 Å². The molecule has 1 aromatic heterocycles. The van der Waals surface area contributed by atoms with Crippen LogP contribution in [0.25, 0.3) is 0 Å². The fourth-order valence-corrected chi connectivity index (χ4v) is 2.98. The van der Waals surface area contributed by atoms with Crippen LogP contribution in [0.5, 0.6) is 0 Å². The van der Waals surface area contributed by atoms with Gasteiger partial charge in [-0.25, -0.2) is 0 Å². The lowest BCUT2D eigenvalue weighted by Crippen LogP contribution is -2.44. The normalized spacial score (nSPS) is 16.9. The number of benzene rings is 1. The van der Waals surface area contributed by atoms with Crippen molar-refractivity contribution in [1.82, 2.24) is 9.78 Å². The lowest BCUT2D eigenvalue weighted by atomic mass is 9.92. The van der Waals surface area contributed by atoms with E-state index in [0.29, 0.717) is 24.5 Å². The Morgan fingerprint density at radius 3 is 2.83 bits per heavy atom. The second-order valence-corrected chi connectivity index (χ2v) is 6.04. The number of carbonyl (C=O) groups is 2. The summed E-state index contributed by atoms with van der Waals surface area (Å²) in [6, 6.07) is 7.61. The van der Waals surface area contributed by atoms with Crippen LogP contribution in [0.2, 0.25) is 5.02 Å². The smallest absolute Gasteiger partial charge is 0.228 e. The van der Waals surface area contributed by atoms with Crippen molar-refractivity contribution in [2.45, 2.75) is 19.4 Å². The number of fused-ring (bicyclic) bond motifs is 1. The maximum absolute atomic E-state index is 12.6. The van der Waals surface area contributed by atoms with E-state index >= 15 is 0 Å². The molecule has 0 spiro atoms. The first kappa shape index (κ1) is 15.6. The molecule has 2 aromatic rings. The molecule has 0 fully saturated rings. The molecule has 23 heavy (non-hydrogen) atoms. The average molecular weight is 333 g/mol. The quantitative estimate of drug-likeness (QED) is 0.923. The van der Waals surface area contributed by atoms with Gasteiger partial charge in [0.05, 0.1) is 17.1 Å². The monoisotopic (exact) mass is 332 g/mol. The summed E-state index contributed by atoms with van der Waals surface area (Å²) >= 11 is 5.82. The molecule has 1 aromatic carbocycles. The van der Waals surface area contributed by atoms with Gasteiger partial charge in [-0.3, -0.25) is 14.3 Å². The van der Waals surface area contributed by atoms with Gasteiger partial charge in [-0.15, -0.1) is 0 Å². The molecular weight excluding hydrogens is 316 g/mol. The Balaban J connectivity index is 1.76.